The van der Waals surface area contributed by atoms with Crippen LogP contribution in [0.25, 0.3) is 0 Å². The number of hydrogen-bond acceptors (Lipinski definition) is 3. The summed E-state index contributed by atoms with van der Waals surface area (Å²) in [6.45, 7) is 7.91. The summed E-state index contributed by atoms with van der Waals surface area (Å²) in [5, 5.41) is 3.24. The quantitative estimate of drug-likeness (QED) is 0.769. The molecule has 0 bridgehead atoms. The van der Waals surface area contributed by atoms with Gasteiger partial charge >= 0.3 is 0 Å². The average molecular weight is 193 g/mol. The number of nitrogens with two attached hydrogens (primary N) is 1. The minimum absolute atomic E-state index is 0.0976. The van der Waals surface area contributed by atoms with Gasteiger partial charge in [-0.2, -0.15) is 0 Å². The Morgan fingerprint density at radius 3 is 2.71 bits per heavy atom. The number of hydrogen-bond donors (Lipinski definition) is 2. The van der Waals surface area contributed by atoms with Gasteiger partial charge in [-0.05, 0) is 12.1 Å². The van der Waals surface area contributed by atoms with Crippen molar-refractivity contribution in [1.29, 1.82) is 0 Å². The van der Waals surface area contributed by atoms with Gasteiger partial charge < -0.3 is 11.1 Å². The summed E-state index contributed by atoms with van der Waals surface area (Å²) in [5.74, 6) is 0. The van der Waals surface area contributed by atoms with E-state index < -0.39 is 0 Å². The molecule has 0 fully saturated rings. The van der Waals surface area contributed by atoms with Crippen LogP contribution in [0.2, 0.25) is 0 Å². The number of aromatic nitrogens is 1. The third-order valence-corrected chi connectivity index (χ3v) is 2.00. The number of rotatable bonds is 3. The fourth-order valence-corrected chi connectivity index (χ4v) is 1.17. The molecule has 0 amide bonds. The summed E-state index contributed by atoms with van der Waals surface area (Å²) in [6, 6.07) is 4.04. The molecule has 0 aliphatic carbocycles. The summed E-state index contributed by atoms with van der Waals surface area (Å²) in [5.41, 5.74) is 7.71. The fraction of sp³-hybridized carbons (Fsp3) is 0.545. The lowest BCUT2D eigenvalue weighted by Gasteiger charge is -2.18. The Bertz CT molecular complexity index is 289. The van der Waals surface area contributed by atoms with Crippen molar-refractivity contribution in [2.24, 2.45) is 5.73 Å². The van der Waals surface area contributed by atoms with Crippen molar-refractivity contribution in [1.82, 2.24) is 4.98 Å². The first-order chi connectivity index (χ1) is 6.54. The lowest BCUT2D eigenvalue weighted by atomic mass is 9.91. The molecule has 0 saturated heterocycles. The van der Waals surface area contributed by atoms with Gasteiger partial charge in [0.05, 0.1) is 0 Å². The Morgan fingerprint density at radius 2 is 2.14 bits per heavy atom. The largest absolute Gasteiger partial charge is 0.384 e. The van der Waals surface area contributed by atoms with Gasteiger partial charge in [-0.25, -0.2) is 0 Å². The molecule has 78 valence electrons. The molecule has 1 heterocycles. The normalized spacial score (nSPS) is 11.4. The molecule has 0 radical (unpaired) electrons. The molecule has 0 saturated carbocycles. The predicted octanol–water partition coefficient (Wildman–Crippen LogP) is 1.75. The van der Waals surface area contributed by atoms with E-state index in [9.17, 15) is 0 Å². The van der Waals surface area contributed by atoms with Crippen LogP contribution in [-0.2, 0) is 5.41 Å². The maximum absolute atomic E-state index is 5.42. The summed E-state index contributed by atoms with van der Waals surface area (Å²) < 4.78 is 0. The molecule has 0 aliphatic heterocycles. The lowest BCUT2D eigenvalue weighted by molar-refractivity contribution is 0.569. The number of anilines is 1. The first-order valence-electron chi connectivity index (χ1n) is 4.94. The van der Waals surface area contributed by atoms with Crippen molar-refractivity contribution < 1.29 is 0 Å². The van der Waals surface area contributed by atoms with E-state index in [0.29, 0.717) is 6.54 Å². The maximum atomic E-state index is 5.42. The van der Waals surface area contributed by atoms with Crippen LogP contribution < -0.4 is 11.1 Å². The fourth-order valence-electron chi connectivity index (χ4n) is 1.17. The molecule has 3 heteroatoms. The van der Waals surface area contributed by atoms with Crippen LogP contribution in [0.5, 0.6) is 0 Å². The zero-order valence-electron chi connectivity index (χ0n) is 9.17. The van der Waals surface area contributed by atoms with Gasteiger partial charge in [-0.1, -0.05) is 20.8 Å². The van der Waals surface area contributed by atoms with Crippen LogP contribution in [-0.4, -0.2) is 18.1 Å². The van der Waals surface area contributed by atoms with Crippen molar-refractivity contribution in [3.05, 3.63) is 24.0 Å². The highest BCUT2D eigenvalue weighted by Crippen LogP contribution is 2.21. The molecule has 1 rings (SSSR count). The molecule has 14 heavy (non-hydrogen) atoms. The number of nitrogens with one attached hydrogen (secondary N) is 1. The highest BCUT2D eigenvalue weighted by molar-refractivity contribution is 5.44. The maximum Gasteiger partial charge on any atom is 0.0477 e. The summed E-state index contributed by atoms with van der Waals surface area (Å²) in [7, 11) is 0. The second-order valence-corrected chi connectivity index (χ2v) is 4.40. The van der Waals surface area contributed by atoms with Gasteiger partial charge in [0.15, 0.2) is 0 Å². The Morgan fingerprint density at radius 1 is 1.43 bits per heavy atom. The molecule has 0 aromatic carbocycles. The third-order valence-electron chi connectivity index (χ3n) is 2.00. The van der Waals surface area contributed by atoms with E-state index in [1.165, 1.54) is 0 Å². The molecule has 0 unspecified atom stereocenters. The van der Waals surface area contributed by atoms with E-state index in [1.807, 2.05) is 12.3 Å². The monoisotopic (exact) mass is 193 g/mol. The Balaban J connectivity index is 2.79. The molecule has 0 spiro atoms. The summed E-state index contributed by atoms with van der Waals surface area (Å²) in [6.07, 6.45) is 1.83. The highest BCUT2D eigenvalue weighted by Gasteiger charge is 2.15. The van der Waals surface area contributed by atoms with Crippen LogP contribution in [0, 0.1) is 0 Å². The van der Waals surface area contributed by atoms with E-state index in [0.717, 1.165) is 17.9 Å². The summed E-state index contributed by atoms with van der Waals surface area (Å²) in [4.78, 5) is 4.35. The Labute approximate surface area is 85.7 Å². The SMILES string of the molecule is CC(C)(C)c1cc(NCCN)ccn1. The predicted molar refractivity (Wildman–Crippen MR) is 60.5 cm³/mol. The molecule has 1 aromatic heterocycles. The molecular weight excluding hydrogens is 174 g/mol. The van der Waals surface area contributed by atoms with Gasteiger partial charge in [0.2, 0.25) is 0 Å². The Kier molecular flexibility index (Phi) is 3.47. The van der Waals surface area contributed by atoms with Gasteiger partial charge in [-0.3, -0.25) is 4.98 Å². The topological polar surface area (TPSA) is 50.9 Å². The Hall–Kier alpha value is -1.09. The van der Waals surface area contributed by atoms with Crippen molar-refractivity contribution in [3.63, 3.8) is 0 Å². The number of pyridine rings is 1. The zero-order valence-corrected chi connectivity index (χ0v) is 9.17. The lowest BCUT2D eigenvalue weighted by Crippen LogP contribution is -2.16. The molecule has 3 N–H and O–H groups in total. The van der Waals surface area contributed by atoms with E-state index in [4.69, 9.17) is 5.73 Å². The molecule has 0 aliphatic rings. The zero-order chi connectivity index (χ0) is 10.6. The van der Waals surface area contributed by atoms with Crippen LogP contribution in [0.1, 0.15) is 26.5 Å². The van der Waals surface area contributed by atoms with Crippen LogP contribution >= 0.6 is 0 Å². The van der Waals surface area contributed by atoms with Crippen molar-refractivity contribution >= 4 is 5.69 Å². The van der Waals surface area contributed by atoms with E-state index in [2.05, 4.69) is 37.1 Å². The van der Waals surface area contributed by atoms with E-state index >= 15 is 0 Å². The van der Waals surface area contributed by atoms with Crippen LogP contribution in [0.15, 0.2) is 18.3 Å². The van der Waals surface area contributed by atoms with Gasteiger partial charge in [0, 0.05) is 36.1 Å². The first-order valence-corrected chi connectivity index (χ1v) is 4.94. The smallest absolute Gasteiger partial charge is 0.0477 e. The molecule has 0 atom stereocenters. The highest BCUT2D eigenvalue weighted by atomic mass is 14.9. The van der Waals surface area contributed by atoms with Crippen molar-refractivity contribution in [2.75, 3.05) is 18.4 Å². The average Bonchev–Trinajstić information content (AvgIpc) is 2.14. The number of nitrogens with zero attached hydrogens (tertiary/aromatic N) is 1. The van der Waals surface area contributed by atoms with Crippen molar-refractivity contribution in [2.45, 2.75) is 26.2 Å². The van der Waals surface area contributed by atoms with E-state index in [-0.39, 0.29) is 5.41 Å². The first kappa shape index (κ1) is 11.0. The minimum atomic E-state index is 0.0976. The van der Waals surface area contributed by atoms with Gasteiger partial charge in [0.25, 0.3) is 0 Å². The third kappa shape index (κ3) is 3.00. The van der Waals surface area contributed by atoms with Crippen LogP contribution in [0.4, 0.5) is 5.69 Å². The van der Waals surface area contributed by atoms with Gasteiger partial charge in [0.1, 0.15) is 0 Å². The minimum Gasteiger partial charge on any atom is -0.384 e. The standard InChI is InChI=1S/C11H19N3/c1-11(2,3)10-8-9(4-6-14-10)13-7-5-12/h4,6,8H,5,7,12H2,1-3H3,(H,13,14). The second-order valence-electron chi connectivity index (χ2n) is 4.40. The molecule has 1 aromatic rings. The summed E-state index contributed by atoms with van der Waals surface area (Å²) >= 11 is 0. The van der Waals surface area contributed by atoms with Crippen LogP contribution in [0.3, 0.4) is 0 Å². The van der Waals surface area contributed by atoms with Crippen molar-refractivity contribution in [3.8, 4) is 0 Å². The molecular formula is C11H19N3. The van der Waals surface area contributed by atoms with E-state index in [1.54, 1.807) is 0 Å². The second kappa shape index (κ2) is 4.42. The van der Waals surface area contributed by atoms with Gasteiger partial charge in [-0.15, -0.1) is 0 Å². The molecule has 3 nitrogen and oxygen atoms in total.